The lowest BCUT2D eigenvalue weighted by Gasteiger charge is -2.18. The van der Waals surface area contributed by atoms with Crippen molar-refractivity contribution in [2.45, 2.75) is 31.0 Å². The van der Waals surface area contributed by atoms with Crippen LogP contribution in [0.4, 0.5) is 13.2 Å². The summed E-state index contributed by atoms with van der Waals surface area (Å²) < 4.78 is 59.9. The fraction of sp³-hybridized carbons (Fsp3) is 0.435. The average Bonchev–Trinajstić information content (AvgIpc) is 2.78. The van der Waals surface area contributed by atoms with Crippen molar-refractivity contribution in [3.8, 4) is 11.5 Å². The molecule has 0 fully saturated rings. The number of ether oxygens (including phenoxy) is 4. The van der Waals surface area contributed by atoms with Gasteiger partial charge in [0.15, 0.2) is 6.61 Å². The van der Waals surface area contributed by atoms with Gasteiger partial charge in [0.1, 0.15) is 24.2 Å². The Balaban J connectivity index is 1.90. The second-order valence-electron chi connectivity index (χ2n) is 6.86. The van der Waals surface area contributed by atoms with E-state index in [9.17, 15) is 18.0 Å². The molecule has 0 aliphatic heterocycles. The number of carbonyl (C=O) groups is 1. The first kappa shape index (κ1) is 27.2. The number of thioether (sulfide) groups is 2. The molecule has 0 heterocycles. The maximum absolute atomic E-state index is 12.7. The van der Waals surface area contributed by atoms with E-state index in [1.807, 2.05) is 25.3 Å². The number of rotatable bonds is 13. The van der Waals surface area contributed by atoms with Gasteiger partial charge in [0.05, 0.1) is 18.1 Å². The zero-order chi connectivity index (χ0) is 24.3. The molecule has 33 heavy (non-hydrogen) atoms. The summed E-state index contributed by atoms with van der Waals surface area (Å²) in [7, 11) is 0. The fourth-order valence-corrected chi connectivity index (χ4v) is 3.96. The molecule has 0 radical (unpaired) electrons. The van der Waals surface area contributed by atoms with Gasteiger partial charge in [0.2, 0.25) is 0 Å². The highest BCUT2D eigenvalue weighted by atomic mass is 32.2. The van der Waals surface area contributed by atoms with Crippen molar-refractivity contribution in [3.63, 3.8) is 0 Å². The van der Waals surface area contributed by atoms with Crippen LogP contribution in [-0.4, -0.2) is 49.8 Å². The Labute approximate surface area is 200 Å². The van der Waals surface area contributed by atoms with Crippen LogP contribution in [-0.2, 0) is 20.4 Å². The van der Waals surface area contributed by atoms with E-state index in [0.29, 0.717) is 29.8 Å². The monoisotopic (exact) mass is 504 g/mol. The highest BCUT2D eigenvalue weighted by molar-refractivity contribution is 7.99. The van der Waals surface area contributed by atoms with Gasteiger partial charge in [0.25, 0.3) is 0 Å². The molecule has 2 aromatic rings. The Hall–Kier alpha value is -2.04. The number of esters is 1. The van der Waals surface area contributed by atoms with Crippen LogP contribution in [0.15, 0.2) is 47.4 Å². The van der Waals surface area contributed by atoms with E-state index < -0.39 is 17.7 Å². The maximum atomic E-state index is 12.7. The summed E-state index contributed by atoms with van der Waals surface area (Å²) in [6.45, 7) is 3.99. The summed E-state index contributed by atoms with van der Waals surface area (Å²) in [5.41, 5.74) is 0.164. The summed E-state index contributed by atoms with van der Waals surface area (Å²) in [5.74, 6) is 1.60. The van der Waals surface area contributed by atoms with Gasteiger partial charge < -0.3 is 18.9 Å². The van der Waals surface area contributed by atoms with Crippen molar-refractivity contribution in [1.29, 1.82) is 0 Å². The molecule has 5 nitrogen and oxygen atoms in total. The van der Waals surface area contributed by atoms with E-state index >= 15 is 0 Å². The standard InChI is InChI=1S/C23H27F3O5S2/c1-4-28-22(27)13-30-21-10-9-20(11-16(21)2)33-14-19(31-15-32-3)12-29-18-7-5-17(6-8-18)23(24,25)26/h5-11,19H,4,12-15H2,1-3H3. The van der Waals surface area contributed by atoms with Crippen molar-refractivity contribution < 1.29 is 36.9 Å². The van der Waals surface area contributed by atoms with Gasteiger partial charge in [-0.25, -0.2) is 4.79 Å². The highest BCUT2D eigenvalue weighted by Gasteiger charge is 2.30. The van der Waals surface area contributed by atoms with Crippen LogP contribution in [0.2, 0.25) is 0 Å². The molecule has 1 unspecified atom stereocenters. The number of aryl methyl sites for hydroxylation is 1. The molecule has 0 saturated carbocycles. The Morgan fingerprint density at radius 3 is 2.42 bits per heavy atom. The van der Waals surface area contributed by atoms with Crippen LogP contribution in [0.25, 0.3) is 0 Å². The minimum Gasteiger partial charge on any atom is -0.491 e. The van der Waals surface area contributed by atoms with E-state index in [1.54, 1.807) is 24.8 Å². The van der Waals surface area contributed by atoms with Crippen LogP contribution in [0.5, 0.6) is 11.5 Å². The Morgan fingerprint density at radius 2 is 1.82 bits per heavy atom. The van der Waals surface area contributed by atoms with E-state index in [4.69, 9.17) is 18.9 Å². The molecule has 2 aromatic carbocycles. The molecular formula is C23H27F3O5S2. The largest absolute Gasteiger partial charge is 0.491 e. The summed E-state index contributed by atoms with van der Waals surface area (Å²) in [5, 5.41) is 0. The Kier molecular flexibility index (Phi) is 11.2. The van der Waals surface area contributed by atoms with Crippen LogP contribution in [0.1, 0.15) is 18.1 Å². The Bertz CT molecular complexity index is 875. The predicted molar refractivity (Wildman–Crippen MR) is 124 cm³/mol. The molecule has 0 aliphatic carbocycles. The van der Waals surface area contributed by atoms with Crippen molar-refractivity contribution in [3.05, 3.63) is 53.6 Å². The van der Waals surface area contributed by atoms with Gasteiger partial charge in [-0.2, -0.15) is 13.2 Å². The van der Waals surface area contributed by atoms with Crippen molar-refractivity contribution in [2.75, 3.05) is 37.8 Å². The third-order valence-electron chi connectivity index (χ3n) is 4.27. The van der Waals surface area contributed by atoms with E-state index in [2.05, 4.69) is 0 Å². The van der Waals surface area contributed by atoms with Crippen LogP contribution >= 0.6 is 23.5 Å². The van der Waals surface area contributed by atoms with Gasteiger partial charge in [0, 0.05) is 10.6 Å². The molecule has 0 bridgehead atoms. The SMILES string of the molecule is CCOC(=O)COc1ccc(SCC(COc2ccc(C(F)(F)F)cc2)OCSC)cc1C. The van der Waals surface area contributed by atoms with Crippen molar-refractivity contribution in [2.24, 2.45) is 0 Å². The first-order chi connectivity index (χ1) is 15.7. The number of halogens is 3. The van der Waals surface area contributed by atoms with Gasteiger partial charge in [-0.3, -0.25) is 0 Å². The predicted octanol–water partition coefficient (Wildman–Crippen LogP) is 5.83. The molecule has 0 aromatic heterocycles. The Morgan fingerprint density at radius 1 is 1.09 bits per heavy atom. The summed E-state index contributed by atoms with van der Waals surface area (Å²) >= 11 is 3.09. The molecule has 0 N–H and O–H groups in total. The number of carbonyl (C=O) groups excluding carboxylic acids is 1. The van der Waals surface area contributed by atoms with Crippen LogP contribution in [0, 0.1) is 6.92 Å². The first-order valence-electron chi connectivity index (χ1n) is 10.2. The lowest BCUT2D eigenvalue weighted by atomic mass is 10.2. The summed E-state index contributed by atoms with van der Waals surface area (Å²) in [6, 6.07) is 10.2. The van der Waals surface area contributed by atoms with Gasteiger partial charge in [-0.15, -0.1) is 23.5 Å². The van der Waals surface area contributed by atoms with E-state index in [1.165, 1.54) is 23.9 Å². The second-order valence-corrected chi connectivity index (χ2v) is 8.77. The van der Waals surface area contributed by atoms with Gasteiger partial charge >= 0.3 is 12.1 Å². The van der Waals surface area contributed by atoms with E-state index in [0.717, 1.165) is 22.6 Å². The zero-order valence-corrected chi connectivity index (χ0v) is 20.3. The minimum absolute atomic E-state index is 0.146. The lowest BCUT2D eigenvalue weighted by molar-refractivity contribution is -0.145. The topological polar surface area (TPSA) is 54.0 Å². The number of hydrogen-bond acceptors (Lipinski definition) is 7. The molecule has 0 spiro atoms. The molecule has 0 saturated heterocycles. The molecule has 0 aliphatic rings. The zero-order valence-electron chi connectivity index (χ0n) is 18.6. The molecule has 0 amide bonds. The van der Waals surface area contributed by atoms with Crippen LogP contribution < -0.4 is 9.47 Å². The third kappa shape index (κ3) is 9.77. The second kappa shape index (κ2) is 13.6. The van der Waals surface area contributed by atoms with E-state index in [-0.39, 0.29) is 19.3 Å². The van der Waals surface area contributed by atoms with Gasteiger partial charge in [-0.1, -0.05) is 0 Å². The quantitative estimate of drug-likeness (QED) is 0.193. The maximum Gasteiger partial charge on any atom is 0.416 e. The summed E-state index contributed by atoms with van der Waals surface area (Å²) in [6.07, 6.45) is -2.72. The molecule has 10 heteroatoms. The number of benzene rings is 2. The first-order valence-corrected chi connectivity index (χ1v) is 12.5. The van der Waals surface area contributed by atoms with Crippen molar-refractivity contribution in [1.82, 2.24) is 0 Å². The number of alkyl halides is 3. The molecule has 2 rings (SSSR count). The van der Waals surface area contributed by atoms with Crippen molar-refractivity contribution >= 4 is 29.5 Å². The molecule has 1 atom stereocenters. The van der Waals surface area contributed by atoms with Gasteiger partial charge in [-0.05, 0) is 68.1 Å². The molecular weight excluding hydrogens is 477 g/mol. The third-order valence-corrected chi connectivity index (χ3v) is 5.77. The van der Waals surface area contributed by atoms with Crippen LogP contribution in [0.3, 0.4) is 0 Å². The lowest BCUT2D eigenvalue weighted by Crippen LogP contribution is -2.24. The smallest absolute Gasteiger partial charge is 0.416 e. The molecule has 182 valence electrons. The minimum atomic E-state index is -4.38. The number of hydrogen-bond donors (Lipinski definition) is 0. The fourth-order valence-electron chi connectivity index (χ4n) is 2.64. The highest BCUT2D eigenvalue weighted by Crippen LogP contribution is 2.30. The summed E-state index contributed by atoms with van der Waals surface area (Å²) in [4.78, 5) is 12.4. The average molecular weight is 505 g/mol. The normalized spacial score (nSPS) is 12.3.